The van der Waals surface area contributed by atoms with Crippen LogP contribution in [0.5, 0.6) is 0 Å². The number of benzene rings is 2. The molecule has 0 aromatic heterocycles. The van der Waals surface area contributed by atoms with Crippen LogP contribution in [-0.4, -0.2) is 93.9 Å². The van der Waals surface area contributed by atoms with Crippen molar-refractivity contribution >= 4 is 11.9 Å². The fourth-order valence-electron chi connectivity index (χ4n) is 6.77. The van der Waals surface area contributed by atoms with E-state index in [0.717, 1.165) is 53.2 Å². The zero-order valence-corrected chi connectivity index (χ0v) is 29.6. The van der Waals surface area contributed by atoms with E-state index in [1.54, 1.807) is 0 Å². The van der Waals surface area contributed by atoms with Gasteiger partial charge in [0.25, 0.3) is 0 Å². The van der Waals surface area contributed by atoms with E-state index >= 15 is 0 Å². The second kappa shape index (κ2) is 20.1. The molecule has 2 N–H and O–H groups in total. The molecule has 2 aromatic carbocycles. The Morgan fingerprint density at radius 1 is 0.756 bits per heavy atom. The van der Waals surface area contributed by atoms with Gasteiger partial charge in [-0.1, -0.05) is 48.5 Å². The summed E-state index contributed by atoms with van der Waals surface area (Å²) in [7, 11) is 4.31. The maximum absolute atomic E-state index is 8.89. The third-order valence-electron chi connectivity index (χ3n) is 7.91. The van der Waals surface area contributed by atoms with Crippen molar-refractivity contribution in [3.05, 3.63) is 70.8 Å². The van der Waals surface area contributed by atoms with Gasteiger partial charge in [0.05, 0.1) is 0 Å². The van der Waals surface area contributed by atoms with E-state index in [2.05, 4.69) is 86.3 Å². The first-order chi connectivity index (χ1) is 20.5. The van der Waals surface area contributed by atoms with Crippen molar-refractivity contribution in [2.75, 3.05) is 66.7 Å². The molecule has 256 valence electrons. The first-order valence-corrected chi connectivity index (χ1v) is 15.2. The Morgan fingerprint density at radius 2 is 1.07 bits per heavy atom. The number of likely N-dealkylation sites (N-methyl/N-ethyl adjacent to an activating group) is 1. The van der Waals surface area contributed by atoms with Crippen molar-refractivity contribution in [2.45, 2.75) is 52.7 Å². The van der Waals surface area contributed by atoms with E-state index in [1.165, 1.54) is 22.3 Å². The summed E-state index contributed by atoms with van der Waals surface area (Å²) in [5, 5.41) is 17.8. The number of carboxylic acid groups (broad SMARTS) is 2. The molecular weight excluding hydrogens is 671 g/mol. The number of nitrogens with zero attached hydrogens (tertiary/aromatic N) is 2. The summed E-state index contributed by atoms with van der Waals surface area (Å²) in [4.78, 5) is 22.7. The van der Waals surface area contributed by atoms with Gasteiger partial charge in [0.2, 0.25) is 0 Å². The molecule has 11 heteroatoms. The molecule has 2 aromatic rings. The van der Waals surface area contributed by atoms with Crippen LogP contribution in [0.2, 0.25) is 0 Å². The molecule has 0 unspecified atom stereocenters. The Morgan fingerprint density at radius 3 is 1.29 bits per heavy atom. The van der Waals surface area contributed by atoms with Crippen LogP contribution in [0.1, 0.15) is 63.8 Å². The molecule has 0 saturated carbocycles. The van der Waals surface area contributed by atoms with Crippen LogP contribution in [-0.2, 0) is 55.4 Å². The molecule has 0 radical (unpaired) electrons. The van der Waals surface area contributed by atoms with Crippen LogP contribution in [0, 0.1) is 11.8 Å². The molecule has 2 bridgehead atoms. The molecule has 2 atom stereocenters. The van der Waals surface area contributed by atoms with Gasteiger partial charge < -0.3 is 49.3 Å². The minimum Gasteiger partial charge on any atom is -0.550 e. The summed E-state index contributed by atoms with van der Waals surface area (Å²) in [6.07, 6.45) is 0. The van der Waals surface area contributed by atoms with Gasteiger partial charge in [0.15, 0.2) is 0 Å². The molecule has 1 fully saturated rings. The summed E-state index contributed by atoms with van der Waals surface area (Å²) >= 11 is 0. The van der Waals surface area contributed by atoms with E-state index in [-0.39, 0.29) is 25.9 Å². The Hall–Kier alpha value is -2.20. The topological polar surface area (TPSA) is 146 Å². The Labute approximate surface area is 283 Å². The van der Waals surface area contributed by atoms with Crippen LogP contribution >= 0.6 is 0 Å². The summed E-state index contributed by atoms with van der Waals surface area (Å²) < 4.78 is 18.5. The predicted octanol–water partition coefficient (Wildman–Crippen LogP) is 1.41. The Balaban J connectivity index is 0.00000111. The molecule has 1 heterocycles. The summed E-state index contributed by atoms with van der Waals surface area (Å²) in [6, 6.07) is 17.8. The third-order valence-corrected chi connectivity index (χ3v) is 7.91. The SMILES string of the molecule is CC(=O)[O-].CC(=O)[O-].CCOC12c3ccccc3C(OCC)(c3ccccc31)[C@H]1CN(CCN(C)C)C[C@H]12.CCOCC.O.[Pd+2]. The summed E-state index contributed by atoms with van der Waals surface area (Å²) in [5.41, 5.74) is 4.48. The van der Waals surface area contributed by atoms with Crippen LogP contribution in [0.3, 0.4) is 0 Å². The van der Waals surface area contributed by atoms with Gasteiger partial charge in [-0.2, -0.15) is 0 Å². The molecule has 1 aliphatic heterocycles. The van der Waals surface area contributed by atoms with Crippen molar-refractivity contribution in [1.29, 1.82) is 0 Å². The van der Waals surface area contributed by atoms with Crippen molar-refractivity contribution < 1.29 is 59.9 Å². The number of aliphatic carboxylic acids is 2. The van der Waals surface area contributed by atoms with Crippen molar-refractivity contribution in [2.24, 2.45) is 11.8 Å². The van der Waals surface area contributed by atoms with E-state index in [0.29, 0.717) is 25.0 Å². The number of hydrogen-bond acceptors (Lipinski definition) is 9. The molecule has 0 spiro atoms. The maximum atomic E-state index is 8.89. The number of rotatable bonds is 9. The number of hydrogen-bond donors (Lipinski definition) is 0. The van der Waals surface area contributed by atoms with Crippen LogP contribution in [0.4, 0.5) is 0 Å². The normalized spacial score (nSPS) is 23.1. The van der Waals surface area contributed by atoms with Crippen molar-refractivity contribution in [3.8, 4) is 0 Å². The van der Waals surface area contributed by atoms with Gasteiger partial charge in [-0.15, -0.1) is 0 Å². The zero-order valence-electron chi connectivity index (χ0n) is 28.0. The minimum atomic E-state index is -1.08. The molecule has 6 rings (SSSR count). The van der Waals surface area contributed by atoms with Gasteiger partial charge in [-0.05, 0) is 77.9 Å². The van der Waals surface area contributed by atoms with Gasteiger partial charge in [0, 0.05) is 76.4 Å². The fourth-order valence-corrected chi connectivity index (χ4v) is 6.77. The number of ether oxygens (including phenoxy) is 3. The number of carboxylic acids is 2. The average Bonchev–Trinajstić information content (AvgIpc) is 3.40. The first kappa shape index (κ1) is 42.8. The Kier molecular flexibility index (Phi) is 19.1. The molecule has 3 aliphatic carbocycles. The van der Waals surface area contributed by atoms with E-state index < -0.39 is 23.1 Å². The van der Waals surface area contributed by atoms with Crippen LogP contribution in [0.15, 0.2) is 48.5 Å². The van der Waals surface area contributed by atoms with Gasteiger partial charge in [-0.25, -0.2) is 0 Å². The van der Waals surface area contributed by atoms with Crippen molar-refractivity contribution in [1.82, 2.24) is 9.80 Å². The molecular formula is C34H52N2O8Pd. The van der Waals surface area contributed by atoms with Gasteiger partial charge in [-0.3, -0.25) is 0 Å². The first-order valence-electron chi connectivity index (χ1n) is 15.2. The quantitative estimate of drug-likeness (QED) is 0.351. The number of carbonyl (C=O) groups is 2. The number of carbonyl (C=O) groups excluding carboxylic acids is 2. The van der Waals surface area contributed by atoms with Crippen LogP contribution < -0.4 is 10.2 Å². The molecule has 45 heavy (non-hydrogen) atoms. The zero-order chi connectivity index (χ0) is 32.2. The summed E-state index contributed by atoms with van der Waals surface area (Å²) in [5.74, 6) is -1.40. The summed E-state index contributed by atoms with van der Waals surface area (Å²) in [6.45, 7) is 17.5. The second-order valence-electron chi connectivity index (χ2n) is 11.0. The van der Waals surface area contributed by atoms with Gasteiger partial charge in [0.1, 0.15) is 11.2 Å². The van der Waals surface area contributed by atoms with Crippen LogP contribution in [0.25, 0.3) is 0 Å². The van der Waals surface area contributed by atoms with Crippen molar-refractivity contribution in [3.63, 3.8) is 0 Å². The van der Waals surface area contributed by atoms with E-state index in [4.69, 9.17) is 34.0 Å². The maximum Gasteiger partial charge on any atom is 2.00 e. The molecule has 10 nitrogen and oxygen atoms in total. The third kappa shape index (κ3) is 9.66. The van der Waals surface area contributed by atoms with E-state index in [9.17, 15) is 0 Å². The minimum absolute atomic E-state index is 0. The standard InChI is InChI=1S/C26H34N2O2.C4H10O.2C2H4O2.H2O.Pd/c1-5-29-25-19-11-7-9-13-21(19)26(30-6-2,22-14-10-8-12-20(22)25)24-18-28(17-23(24)25)16-15-27(3)4;1-3-5-4-2;2*1-2(3)4;;/h7-14,23-24H,5-6,15-18H2,1-4H3;3-4H2,1-2H3;2*1H3,(H,3,4);1H2;/q;;;;;+2/p-2/t23-,24+,25?,26?;;;;;. The molecule has 0 amide bonds. The monoisotopic (exact) mass is 722 g/mol. The molecule has 4 aliphatic rings. The second-order valence-corrected chi connectivity index (χ2v) is 11.0. The largest absolute Gasteiger partial charge is 2.00 e. The fraction of sp³-hybridized carbons (Fsp3) is 0.588. The predicted molar refractivity (Wildman–Crippen MR) is 167 cm³/mol. The van der Waals surface area contributed by atoms with Gasteiger partial charge >= 0.3 is 20.4 Å². The van der Waals surface area contributed by atoms with E-state index in [1.807, 2.05) is 13.8 Å². The smallest absolute Gasteiger partial charge is 0.550 e. The Bertz CT molecular complexity index is 1040. The number of likely N-dealkylation sites (tertiary alicyclic amines) is 1. The average molecular weight is 723 g/mol. The molecule has 1 saturated heterocycles.